The number of benzene rings is 2. The highest BCUT2D eigenvalue weighted by Crippen LogP contribution is 2.27. The molecule has 7 nitrogen and oxygen atoms in total. The molecule has 0 radical (unpaired) electrons. The van der Waals surface area contributed by atoms with Crippen LogP contribution in [0.4, 0.5) is 10.5 Å². The van der Waals surface area contributed by atoms with Crippen molar-refractivity contribution in [3.05, 3.63) is 77.2 Å². The Balaban J connectivity index is 1.32. The van der Waals surface area contributed by atoms with Crippen molar-refractivity contribution in [3.8, 4) is 11.5 Å². The molecule has 1 aromatic heterocycles. The molecule has 2 heterocycles. The summed E-state index contributed by atoms with van der Waals surface area (Å²) in [4.78, 5) is 14.5. The lowest BCUT2D eigenvalue weighted by atomic mass is 9.91. The molecular weight excluding hydrogens is 430 g/mol. The van der Waals surface area contributed by atoms with Crippen molar-refractivity contribution >= 4 is 17.8 Å². The number of urea groups is 1. The summed E-state index contributed by atoms with van der Waals surface area (Å²) in [6.07, 6.45) is 5.39. The molecule has 2 aromatic carbocycles. The van der Waals surface area contributed by atoms with Gasteiger partial charge in [-0.3, -0.25) is 0 Å². The van der Waals surface area contributed by atoms with Crippen LogP contribution in [0.3, 0.4) is 0 Å². The summed E-state index contributed by atoms with van der Waals surface area (Å²) in [5.41, 5.74) is 4.24. The van der Waals surface area contributed by atoms with Crippen LogP contribution < -0.4 is 14.8 Å². The Kier molecular flexibility index (Phi) is 7.52. The Bertz CT molecular complexity index is 1150. The Hall–Kier alpha value is -3.74. The Labute approximate surface area is 200 Å². The van der Waals surface area contributed by atoms with E-state index < -0.39 is 0 Å². The van der Waals surface area contributed by atoms with Gasteiger partial charge in [-0.25, -0.2) is 4.79 Å². The topological polar surface area (TPSA) is 76.8 Å². The third-order valence-electron chi connectivity index (χ3n) is 6.08. The smallest absolute Gasteiger partial charge is 0.322 e. The molecule has 0 aliphatic carbocycles. The van der Waals surface area contributed by atoms with Gasteiger partial charge in [0.2, 0.25) is 0 Å². The molecule has 1 unspecified atom stereocenters. The number of likely N-dealkylation sites (tertiary alicyclic amines) is 1. The molecule has 178 valence electrons. The van der Waals surface area contributed by atoms with E-state index in [1.54, 1.807) is 14.0 Å². The fraction of sp³-hybridized carbons (Fsp3) is 0.333. The van der Waals surface area contributed by atoms with E-state index in [0.29, 0.717) is 31.1 Å². The highest BCUT2D eigenvalue weighted by Gasteiger charge is 2.25. The minimum absolute atomic E-state index is 0.122. The molecule has 1 N–H and O–H groups in total. The van der Waals surface area contributed by atoms with Crippen LogP contribution in [-0.2, 0) is 6.42 Å². The summed E-state index contributed by atoms with van der Waals surface area (Å²) in [7, 11) is 1.68. The van der Waals surface area contributed by atoms with Crippen LogP contribution in [0.1, 0.15) is 30.2 Å². The van der Waals surface area contributed by atoms with E-state index in [1.165, 1.54) is 17.3 Å². The number of nitrogens with one attached hydrogen (secondary N) is 1. The number of hydrogen-bond donors (Lipinski definition) is 1. The van der Waals surface area contributed by atoms with Crippen molar-refractivity contribution in [1.82, 2.24) is 10.1 Å². The Morgan fingerprint density at radius 3 is 2.82 bits per heavy atom. The summed E-state index contributed by atoms with van der Waals surface area (Å²) < 4.78 is 16.3. The SMILES string of the molecule is COc1cccc(CCOc2cccc(C=C3CCN(C(=O)Nc4cnoc4C)CC3C)c2)c1. The quantitative estimate of drug-likeness (QED) is 0.498. The average molecular weight is 462 g/mol. The summed E-state index contributed by atoms with van der Waals surface area (Å²) >= 11 is 0. The lowest BCUT2D eigenvalue weighted by molar-refractivity contribution is 0.197. The molecule has 2 amide bonds. The van der Waals surface area contributed by atoms with Crippen molar-refractivity contribution < 1.29 is 18.8 Å². The first kappa shape index (κ1) is 23.4. The molecule has 7 heteroatoms. The predicted octanol–water partition coefficient (Wildman–Crippen LogP) is 5.57. The first-order valence-electron chi connectivity index (χ1n) is 11.6. The number of hydrogen-bond acceptors (Lipinski definition) is 5. The molecule has 1 fully saturated rings. The highest BCUT2D eigenvalue weighted by molar-refractivity contribution is 5.89. The van der Waals surface area contributed by atoms with Crippen molar-refractivity contribution in [3.63, 3.8) is 0 Å². The van der Waals surface area contributed by atoms with Gasteiger partial charge in [-0.05, 0) is 54.7 Å². The maximum absolute atomic E-state index is 12.6. The number of aromatic nitrogens is 1. The summed E-state index contributed by atoms with van der Waals surface area (Å²) in [6, 6.07) is 16.1. The number of carbonyl (C=O) groups is 1. The Morgan fingerprint density at radius 2 is 2.06 bits per heavy atom. The van der Waals surface area contributed by atoms with E-state index in [-0.39, 0.29) is 11.9 Å². The van der Waals surface area contributed by atoms with Gasteiger partial charge in [0.05, 0.1) is 19.9 Å². The zero-order valence-corrected chi connectivity index (χ0v) is 19.9. The molecule has 0 bridgehead atoms. The van der Waals surface area contributed by atoms with Gasteiger partial charge in [0, 0.05) is 19.5 Å². The minimum Gasteiger partial charge on any atom is -0.497 e. The lowest BCUT2D eigenvalue weighted by Gasteiger charge is -2.33. The first-order chi connectivity index (χ1) is 16.5. The van der Waals surface area contributed by atoms with E-state index in [4.69, 9.17) is 14.0 Å². The molecule has 0 spiro atoms. The fourth-order valence-corrected chi connectivity index (χ4v) is 4.08. The molecule has 1 aliphatic rings. The first-order valence-corrected chi connectivity index (χ1v) is 11.6. The van der Waals surface area contributed by atoms with Crippen molar-refractivity contribution in [2.45, 2.75) is 26.7 Å². The van der Waals surface area contributed by atoms with Gasteiger partial charge < -0.3 is 24.2 Å². The summed E-state index contributed by atoms with van der Waals surface area (Å²) in [6.45, 7) is 5.87. The molecule has 1 atom stereocenters. The van der Waals surface area contributed by atoms with Crippen LogP contribution in [-0.4, -0.2) is 42.9 Å². The normalized spacial score (nSPS) is 17.0. The second-order valence-corrected chi connectivity index (χ2v) is 8.56. The van der Waals surface area contributed by atoms with E-state index >= 15 is 0 Å². The van der Waals surface area contributed by atoms with E-state index in [2.05, 4.69) is 41.7 Å². The lowest BCUT2D eigenvalue weighted by Crippen LogP contribution is -2.42. The number of nitrogens with zero attached hydrogens (tertiary/aromatic N) is 2. The highest BCUT2D eigenvalue weighted by atomic mass is 16.5. The number of amides is 2. The number of ether oxygens (including phenoxy) is 2. The third-order valence-corrected chi connectivity index (χ3v) is 6.08. The molecular formula is C27H31N3O4. The Morgan fingerprint density at radius 1 is 1.24 bits per heavy atom. The number of methoxy groups -OCH3 is 1. The molecule has 1 aliphatic heterocycles. The zero-order chi connectivity index (χ0) is 23.9. The molecule has 34 heavy (non-hydrogen) atoms. The fourth-order valence-electron chi connectivity index (χ4n) is 4.08. The van der Waals surface area contributed by atoms with Crippen molar-refractivity contribution in [2.75, 3.05) is 32.1 Å². The number of carbonyl (C=O) groups excluding carboxylic acids is 1. The van der Waals surface area contributed by atoms with E-state index in [1.807, 2.05) is 35.2 Å². The van der Waals surface area contributed by atoms with Gasteiger partial charge >= 0.3 is 6.03 Å². The van der Waals surface area contributed by atoms with Crippen molar-refractivity contribution in [1.29, 1.82) is 0 Å². The van der Waals surface area contributed by atoms with Crippen molar-refractivity contribution in [2.24, 2.45) is 5.92 Å². The predicted molar refractivity (Wildman–Crippen MR) is 132 cm³/mol. The number of rotatable bonds is 7. The van der Waals surface area contributed by atoms with Crippen LogP contribution in [0, 0.1) is 12.8 Å². The van der Waals surface area contributed by atoms with Gasteiger partial charge in [-0.2, -0.15) is 0 Å². The van der Waals surface area contributed by atoms with Crippen LogP contribution in [0.5, 0.6) is 11.5 Å². The summed E-state index contributed by atoms with van der Waals surface area (Å²) in [5.74, 6) is 2.58. The number of anilines is 1. The standard InChI is InChI=1S/C27H31N3O4/c1-19-18-30(27(31)29-26-17-28-34-20(26)2)12-10-23(19)14-22-7-5-9-25(16-22)33-13-11-21-6-4-8-24(15-21)32-3/h4-9,14-17,19H,10-13,18H2,1-3H3,(H,29,31). The molecule has 4 rings (SSSR count). The van der Waals surface area contributed by atoms with Gasteiger partial charge in [0.1, 0.15) is 17.2 Å². The number of piperidine rings is 1. The van der Waals surface area contributed by atoms with E-state index in [0.717, 1.165) is 29.9 Å². The zero-order valence-electron chi connectivity index (χ0n) is 19.9. The average Bonchev–Trinajstić information content (AvgIpc) is 3.25. The molecule has 3 aromatic rings. The van der Waals surface area contributed by atoms with E-state index in [9.17, 15) is 4.79 Å². The van der Waals surface area contributed by atoms with Crippen LogP contribution in [0.15, 0.2) is 64.8 Å². The third kappa shape index (κ3) is 5.98. The largest absolute Gasteiger partial charge is 0.497 e. The van der Waals surface area contributed by atoms with Crippen LogP contribution >= 0.6 is 0 Å². The maximum Gasteiger partial charge on any atom is 0.322 e. The molecule has 0 saturated carbocycles. The van der Waals surface area contributed by atoms with Crippen LogP contribution in [0.2, 0.25) is 0 Å². The monoisotopic (exact) mass is 461 g/mol. The maximum atomic E-state index is 12.6. The van der Waals surface area contributed by atoms with Gasteiger partial charge in [0.15, 0.2) is 5.76 Å². The second-order valence-electron chi connectivity index (χ2n) is 8.56. The summed E-state index contributed by atoms with van der Waals surface area (Å²) in [5, 5.41) is 6.59. The number of aryl methyl sites for hydroxylation is 1. The molecule has 1 saturated heterocycles. The second kappa shape index (κ2) is 10.9. The van der Waals surface area contributed by atoms with Crippen LogP contribution in [0.25, 0.3) is 6.08 Å². The van der Waals surface area contributed by atoms with Gasteiger partial charge in [0.25, 0.3) is 0 Å². The minimum atomic E-state index is -0.122. The van der Waals surface area contributed by atoms with Gasteiger partial charge in [-0.1, -0.05) is 48.0 Å². The van der Waals surface area contributed by atoms with Gasteiger partial charge in [-0.15, -0.1) is 0 Å².